The molecule has 134 valence electrons. The van der Waals surface area contributed by atoms with Crippen LogP contribution < -0.4 is 5.32 Å². The van der Waals surface area contributed by atoms with Crippen molar-refractivity contribution in [1.82, 2.24) is 4.98 Å². The summed E-state index contributed by atoms with van der Waals surface area (Å²) in [7, 11) is 0. The lowest BCUT2D eigenvalue weighted by Gasteiger charge is -2.15. The van der Waals surface area contributed by atoms with E-state index in [1.54, 1.807) is 0 Å². The minimum absolute atomic E-state index is 0.130. The molecule has 0 amide bonds. The predicted molar refractivity (Wildman–Crippen MR) is 109 cm³/mol. The second kappa shape index (κ2) is 7.60. The van der Waals surface area contributed by atoms with Crippen molar-refractivity contribution in [2.24, 2.45) is 0 Å². The lowest BCUT2D eigenvalue weighted by molar-refractivity contribution is -0.696. The first-order valence-corrected chi connectivity index (χ1v) is 9.26. The van der Waals surface area contributed by atoms with Crippen LogP contribution in [0.1, 0.15) is 33.1 Å². The summed E-state index contributed by atoms with van der Waals surface area (Å²) in [5.74, 6) is 0.130. The maximum Gasteiger partial charge on any atom is 0.226 e. The Morgan fingerprint density at radius 1 is 0.926 bits per heavy atom. The molecule has 0 saturated carbocycles. The molecule has 3 aromatic carbocycles. The third kappa shape index (κ3) is 3.69. The molecule has 0 fully saturated rings. The molecule has 3 N–H and O–H groups in total. The number of para-hydroxylation sites is 1. The third-order valence-electron chi connectivity index (χ3n) is 5.01. The van der Waals surface area contributed by atoms with E-state index in [2.05, 4.69) is 41.5 Å². The number of aromatic amines is 1. The number of ketones is 1. The Hall–Kier alpha value is -3.17. The van der Waals surface area contributed by atoms with Gasteiger partial charge < -0.3 is 10.3 Å². The van der Waals surface area contributed by atoms with Crippen molar-refractivity contribution in [2.45, 2.75) is 19.5 Å². The van der Waals surface area contributed by atoms with Crippen LogP contribution in [0.2, 0.25) is 0 Å². The molecule has 1 heterocycles. The Bertz CT molecular complexity index is 1050. The molecule has 0 radical (unpaired) electrons. The fourth-order valence-electron chi connectivity index (χ4n) is 3.48. The van der Waals surface area contributed by atoms with Gasteiger partial charge in [0.25, 0.3) is 0 Å². The highest BCUT2D eigenvalue weighted by Crippen LogP contribution is 2.23. The summed E-state index contributed by atoms with van der Waals surface area (Å²) >= 11 is 0. The van der Waals surface area contributed by atoms with Gasteiger partial charge in [-0.25, -0.2) is 0 Å². The monoisotopic (exact) mass is 355 g/mol. The predicted octanol–water partition coefficient (Wildman–Crippen LogP) is 4.16. The number of benzene rings is 3. The van der Waals surface area contributed by atoms with Gasteiger partial charge in [0, 0.05) is 33.8 Å². The van der Waals surface area contributed by atoms with E-state index in [0.29, 0.717) is 0 Å². The number of carbonyl (C=O) groups excluding carboxylic acids is 1. The van der Waals surface area contributed by atoms with Gasteiger partial charge in [0.1, 0.15) is 6.54 Å². The van der Waals surface area contributed by atoms with Crippen molar-refractivity contribution in [3.8, 4) is 0 Å². The molecule has 0 unspecified atom stereocenters. The summed E-state index contributed by atoms with van der Waals surface area (Å²) in [5.41, 5.74) is 5.23. The van der Waals surface area contributed by atoms with E-state index in [4.69, 9.17) is 0 Å². The van der Waals surface area contributed by atoms with Gasteiger partial charge in [-0.05, 0) is 13.0 Å². The minimum atomic E-state index is -0.272. The molecule has 4 aromatic rings. The van der Waals surface area contributed by atoms with Crippen molar-refractivity contribution < 1.29 is 10.1 Å². The van der Waals surface area contributed by atoms with Crippen LogP contribution in [0.3, 0.4) is 0 Å². The zero-order valence-electron chi connectivity index (χ0n) is 15.4. The van der Waals surface area contributed by atoms with Crippen molar-refractivity contribution >= 4 is 16.7 Å². The quantitative estimate of drug-likeness (QED) is 0.501. The Morgan fingerprint density at radius 2 is 1.63 bits per heavy atom. The van der Waals surface area contributed by atoms with Gasteiger partial charge >= 0.3 is 0 Å². The standard InChI is InChI=1S/C24H22N2O/c1-17-11-13-18(14-12-17)15-26-23(19-7-3-2-4-8-19)24(27)21-16-25-22-10-6-5-9-20(21)22/h2-14,16,23,25-26H,15H2,1H3/p+1/t23-/m1/s1. The molecule has 3 nitrogen and oxygen atoms in total. The topological polar surface area (TPSA) is 49.5 Å². The first-order chi connectivity index (χ1) is 13.2. The van der Waals surface area contributed by atoms with Gasteiger partial charge in [-0.2, -0.15) is 0 Å². The van der Waals surface area contributed by atoms with Crippen LogP contribution in [0, 0.1) is 6.92 Å². The highest BCUT2D eigenvalue weighted by Gasteiger charge is 2.27. The SMILES string of the molecule is Cc1ccc(C[NH2+][C@@H](C(=O)c2c[nH]c3ccccc23)c2ccccc2)cc1. The highest BCUT2D eigenvalue weighted by atomic mass is 16.1. The molecular weight excluding hydrogens is 332 g/mol. The first kappa shape index (κ1) is 17.3. The Labute approximate surface area is 159 Å². The zero-order valence-corrected chi connectivity index (χ0v) is 15.4. The minimum Gasteiger partial charge on any atom is -0.360 e. The number of Topliss-reactive ketones (excluding diaryl/α,β-unsaturated/α-hetero) is 1. The van der Waals surface area contributed by atoms with E-state index in [1.165, 1.54) is 11.1 Å². The number of quaternary nitrogens is 1. The van der Waals surface area contributed by atoms with Gasteiger partial charge in [0.05, 0.1) is 0 Å². The zero-order chi connectivity index (χ0) is 18.6. The molecule has 4 rings (SSSR count). The van der Waals surface area contributed by atoms with Crippen molar-refractivity contribution in [2.75, 3.05) is 0 Å². The summed E-state index contributed by atoms with van der Waals surface area (Å²) in [6.45, 7) is 2.84. The number of nitrogens with two attached hydrogens (primary N) is 1. The fourth-order valence-corrected chi connectivity index (χ4v) is 3.48. The molecule has 0 bridgehead atoms. The van der Waals surface area contributed by atoms with Gasteiger partial charge in [-0.3, -0.25) is 4.79 Å². The van der Waals surface area contributed by atoms with Crippen LogP contribution in [0.15, 0.2) is 85.1 Å². The molecule has 1 aromatic heterocycles. The van der Waals surface area contributed by atoms with Gasteiger partial charge in [0.15, 0.2) is 6.04 Å². The van der Waals surface area contributed by atoms with E-state index in [1.807, 2.05) is 60.8 Å². The van der Waals surface area contributed by atoms with Gasteiger partial charge in [0.2, 0.25) is 5.78 Å². The number of rotatable bonds is 6. The van der Waals surface area contributed by atoms with Crippen LogP contribution in [0.4, 0.5) is 0 Å². The lowest BCUT2D eigenvalue weighted by atomic mass is 9.96. The molecule has 0 spiro atoms. The number of H-pyrrole nitrogens is 1. The summed E-state index contributed by atoms with van der Waals surface area (Å²) in [6.07, 6.45) is 1.84. The number of fused-ring (bicyclic) bond motifs is 1. The van der Waals surface area contributed by atoms with E-state index in [0.717, 1.165) is 28.6 Å². The Balaban J connectivity index is 1.65. The smallest absolute Gasteiger partial charge is 0.226 e. The normalized spacial score (nSPS) is 12.2. The Kier molecular flexibility index (Phi) is 4.86. The maximum absolute atomic E-state index is 13.4. The summed E-state index contributed by atoms with van der Waals surface area (Å²) < 4.78 is 0. The van der Waals surface area contributed by atoms with Gasteiger partial charge in [-0.15, -0.1) is 0 Å². The number of aromatic nitrogens is 1. The molecule has 0 aliphatic carbocycles. The number of nitrogens with one attached hydrogen (secondary N) is 1. The molecule has 0 saturated heterocycles. The molecule has 0 aliphatic rings. The number of hydrogen-bond donors (Lipinski definition) is 2. The summed E-state index contributed by atoms with van der Waals surface area (Å²) in [4.78, 5) is 16.7. The van der Waals surface area contributed by atoms with Crippen LogP contribution in [0.25, 0.3) is 10.9 Å². The second-order valence-electron chi connectivity index (χ2n) is 6.93. The highest BCUT2D eigenvalue weighted by molar-refractivity contribution is 6.09. The fraction of sp³-hybridized carbons (Fsp3) is 0.125. The molecule has 1 atom stereocenters. The lowest BCUT2D eigenvalue weighted by Crippen LogP contribution is -2.85. The number of aryl methyl sites for hydroxylation is 1. The molecule has 3 heteroatoms. The van der Waals surface area contributed by atoms with E-state index >= 15 is 0 Å². The van der Waals surface area contributed by atoms with E-state index in [9.17, 15) is 4.79 Å². The van der Waals surface area contributed by atoms with Crippen LogP contribution in [-0.2, 0) is 6.54 Å². The second-order valence-corrected chi connectivity index (χ2v) is 6.93. The van der Waals surface area contributed by atoms with Crippen molar-refractivity contribution in [3.05, 3.63) is 107 Å². The summed E-state index contributed by atoms with van der Waals surface area (Å²) in [6, 6.07) is 26.2. The molecule has 27 heavy (non-hydrogen) atoms. The number of carbonyl (C=O) groups is 1. The van der Waals surface area contributed by atoms with Crippen LogP contribution in [-0.4, -0.2) is 10.8 Å². The summed E-state index contributed by atoms with van der Waals surface area (Å²) in [5, 5.41) is 3.11. The van der Waals surface area contributed by atoms with Crippen molar-refractivity contribution in [1.29, 1.82) is 0 Å². The number of hydrogen-bond acceptors (Lipinski definition) is 1. The maximum atomic E-state index is 13.4. The molecule has 0 aliphatic heterocycles. The Morgan fingerprint density at radius 3 is 2.41 bits per heavy atom. The average Bonchev–Trinajstić information content (AvgIpc) is 3.14. The largest absolute Gasteiger partial charge is 0.360 e. The molecular formula is C24H23N2O+. The van der Waals surface area contributed by atoms with E-state index < -0.39 is 0 Å². The third-order valence-corrected chi connectivity index (χ3v) is 5.01. The van der Waals surface area contributed by atoms with E-state index in [-0.39, 0.29) is 11.8 Å². The average molecular weight is 355 g/mol. The van der Waals surface area contributed by atoms with Crippen LogP contribution in [0.5, 0.6) is 0 Å². The van der Waals surface area contributed by atoms with Gasteiger partial charge in [-0.1, -0.05) is 78.4 Å². The van der Waals surface area contributed by atoms with Crippen LogP contribution >= 0.6 is 0 Å². The van der Waals surface area contributed by atoms with Crippen molar-refractivity contribution in [3.63, 3.8) is 0 Å². The first-order valence-electron chi connectivity index (χ1n) is 9.26.